The second-order valence-electron chi connectivity index (χ2n) is 8.37. The van der Waals surface area contributed by atoms with Gasteiger partial charge in [-0.15, -0.1) is 11.3 Å². The molecule has 0 saturated carbocycles. The zero-order valence-electron chi connectivity index (χ0n) is 16.6. The summed E-state index contributed by atoms with van der Waals surface area (Å²) in [6, 6.07) is 8.38. The molecular weight excluding hydrogens is 354 g/mol. The number of hydrogen-bond acceptors (Lipinski definition) is 3. The fourth-order valence-corrected chi connectivity index (χ4v) is 5.68. The lowest BCUT2D eigenvalue weighted by Crippen LogP contribution is -3.13. The van der Waals surface area contributed by atoms with Crippen LogP contribution < -0.4 is 10.5 Å². The van der Waals surface area contributed by atoms with Gasteiger partial charge in [0.15, 0.2) is 5.82 Å². The molecule has 3 heterocycles. The second kappa shape index (κ2) is 7.21. The molecule has 1 saturated heterocycles. The number of aromatic amines is 1. The van der Waals surface area contributed by atoms with E-state index in [1.54, 1.807) is 11.3 Å². The highest BCUT2D eigenvalue weighted by atomic mass is 32.1. The Bertz CT molecular complexity index is 1010. The van der Waals surface area contributed by atoms with Crippen LogP contribution in [0.25, 0.3) is 21.3 Å². The molecule has 0 amide bonds. The van der Waals surface area contributed by atoms with E-state index in [-0.39, 0.29) is 5.56 Å². The number of quaternary nitrogens is 1. The van der Waals surface area contributed by atoms with Gasteiger partial charge in [-0.1, -0.05) is 43.7 Å². The Hall–Kier alpha value is -1.98. The molecule has 2 aromatic heterocycles. The SMILES string of the molecule is Cc1ccc(-c2c(C)sc3nc(C[NH+]4C[C@@H](C)C[C@H](C)C4)[nH]c(=O)c23)cc1. The van der Waals surface area contributed by atoms with Crippen molar-refractivity contribution in [2.75, 3.05) is 13.1 Å². The Morgan fingerprint density at radius 1 is 1.15 bits per heavy atom. The minimum Gasteiger partial charge on any atom is -0.328 e. The van der Waals surface area contributed by atoms with Gasteiger partial charge in [0.1, 0.15) is 11.4 Å². The van der Waals surface area contributed by atoms with E-state index in [1.807, 2.05) is 0 Å². The number of fused-ring (bicyclic) bond motifs is 1. The first-order chi connectivity index (χ1) is 12.9. The van der Waals surface area contributed by atoms with Gasteiger partial charge in [0.2, 0.25) is 0 Å². The summed E-state index contributed by atoms with van der Waals surface area (Å²) >= 11 is 1.63. The lowest BCUT2D eigenvalue weighted by molar-refractivity contribution is -0.926. The van der Waals surface area contributed by atoms with Gasteiger partial charge in [0, 0.05) is 22.3 Å². The maximum atomic E-state index is 12.9. The van der Waals surface area contributed by atoms with Crippen molar-refractivity contribution < 1.29 is 4.90 Å². The summed E-state index contributed by atoms with van der Waals surface area (Å²) in [5.41, 5.74) is 3.34. The molecule has 142 valence electrons. The van der Waals surface area contributed by atoms with E-state index in [0.717, 1.165) is 63.5 Å². The summed E-state index contributed by atoms with van der Waals surface area (Å²) in [6.45, 7) is 11.9. The summed E-state index contributed by atoms with van der Waals surface area (Å²) in [5, 5.41) is 0.737. The number of rotatable bonds is 3. The van der Waals surface area contributed by atoms with Gasteiger partial charge in [0.25, 0.3) is 5.56 Å². The quantitative estimate of drug-likeness (QED) is 0.730. The van der Waals surface area contributed by atoms with Crippen LogP contribution in [0.5, 0.6) is 0 Å². The Labute approximate surface area is 164 Å². The Morgan fingerprint density at radius 2 is 1.81 bits per heavy atom. The van der Waals surface area contributed by atoms with Gasteiger partial charge in [-0.05, 0) is 25.8 Å². The third kappa shape index (κ3) is 3.71. The number of hydrogen-bond donors (Lipinski definition) is 2. The molecule has 5 heteroatoms. The molecule has 0 aliphatic carbocycles. The average molecular weight is 383 g/mol. The molecule has 2 N–H and O–H groups in total. The largest absolute Gasteiger partial charge is 0.328 e. The van der Waals surface area contributed by atoms with Crippen LogP contribution in [-0.4, -0.2) is 23.1 Å². The number of benzene rings is 1. The summed E-state index contributed by atoms with van der Waals surface area (Å²) in [5.74, 6) is 2.29. The van der Waals surface area contributed by atoms with Crippen molar-refractivity contribution in [3.63, 3.8) is 0 Å². The minimum absolute atomic E-state index is 0.00701. The average Bonchev–Trinajstić information content (AvgIpc) is 2.91. The van der Waals surface area contributed by atoms with Gasteiger partial charge in [-0.3, -0.25) is 4.79 Å². The molecule has 1 aliphatic heterocycles. The molecule has 0 spiro atoms. The molecule has 1 fully saturated rings. The van der Waals surface area contributed by atoms with E-state index in [4.69, 9.17) is 4.98 Å². The number of nitrogens with one attached hydrogen (secondary N) is 2. The van der Waals surface area contributed by atoms with Crippen LogP contribution in [0.4, 0.5) is 0 Å². The molecule has 0 radical (unpaired) electrons. The van der Waals surface area contributed by atoms with Crippen molar-refractivity contribution in [3.05, 3.63) is 50.9 Å². The van der Waals surface area contributed by atoms with Crippen molar-refractivity contribution >= 4 is 21.6 Å². The van der Waals surface area contributed by atoms with Crippen molar-refractivity contribution in [1.29, 1.82) is 0 Å². The highest BCUT2D eigenvalue weighted by Crippen LogP contribution is 2.35. The monoisotopic (exact) mass is 382 g/mol. The normalized spacial score (nSPS) is 23.0. The number of aromatic nitrogens is 2. The Morgan fingerprint density at radius 3 is 2.48 bits per heavy atom. The Balaban J connectivity index is 1.71. The van der Waals surface area contributed by atoms with E-state index in [2.05, 4.69) is 56.9 Å². The van der Waals surface area contributed by atoms with Crippen molar-refractivity contribution in [2.45, 2.75) is 40.7 Å². The predicted molar refractivity (Wildman–Crippen MR) is 112 cm³/mol. The lowest BCUT2D eigenvalue weighted by Gasteiger charge is -2.31. The van der Waals surface area contributed by atoms with E-state index >= 15 is 0 Å². The zero-order chi connectivity index (χ0) is 19.1. The number of piperidine rings is 1. The molecule has 2 atom stereocenters. The summed E-state index contributed by atoms with van der Waals surface area (Å²) in [7, 11) is 0. The number of aryl methyl sites for hydroxylation is 2. The maximum absolute atomic E-state index is 12.9. The van der Waals surface area contributed by atoms with Gasteiger partial charge >= 0.3 is 0 Å². The first-order valence-corrected chi connectivity index (χ1v) is 10.6. The van der Waals surface area contributed by atoms with Crippen LogP contribution in [0.2, 0.25) is 0 Å². The van der Waals surface area contributed by atoms with Crippen molar-refractivity contribution in [2.24, 2.45) is 11.8 Å². The first kappa shape index (κ1) is 18.4. The number of nitrogens with zero attached hydrogens (tertiary/aromatic N) is 1. The minimum atomic E-state index is -0.00701. The summed E-state index contributed by atoms with van der Waals surface area (Å²) < 4.78 is 0. The second-order valence-corrected chi connectivity index (χ2v) is 9.58. The molecule has 4 rings (SSSR count). The van der Waals surface area contributed by atoms with E-state index in [1.165, 1.54) is 16.9 Å². The summed E-state index contributed by atoms with van der Waals surface area (Å²) in [4.78, 5) is 24.4. The lowest BCUT2D eigenvalue weighted by atomic mass is 9.92. The van der Waals surface area contributed by atoms with Crippen LogP contribution in [-0.2, 0) is 6.54 Å². The number of H-pyrrole nitrogens is 1. The van der Waals surface area contributed by atoms with E-state index in [0.29, 0.717) is 0 Å². The third-order valence-electron chi connectivity index (χ3n) is 5.62. The smallest absolute Gasteiger partial charge is 0.260 e. The summed E-state index contributed by atoms with van der Waals surface area (Å²) in [6.07, 6.45) is 1.30. The molecule has 1 aromatic carbocycles. The third-order valence-corrected chi connectivity index (χ3v) is 6.62. The van der Waals surface area contributed by atoms with Crippen LogP contribution in [0.3, 0.4) is 0 Å². The number of thiophene rings is 1. The highest BCUT2D eigenvalue weighted by Gasteiger charge is 2.26. The predicted octanol–water partition coefficient (Wildman–Crippen LogP) is 3.33. The molecule has 1 aliphatic rings. The highest BCUT2D eigenvalue weighted by molar-refractivity contribution is 7.19. The molecule has 0 unspecified atom stereocenters. The first-order valence-electron chi connectivity index (χ1n) is 9.83. The van der Waals surface area contributed by atoms with Crippen LogP contribution in [0, 0.1) is 25.7 Å². The van der Waals surface area contributed by atoms with E-state index < -0.39 is 0 Å². The Kier molecular flexibility index (Phi) is 4.91. The molecular formula is C22H28N3OS+. The van der Waals surface area contributed by atoms with Gasteiger partial charge in [0.05, 0.1) is 18.5 Å². The molecule has 0 bridgehead atoms. The fourth-order valence-electron chi connectivity index (χ4n) is 4.62. The van der Waals surface area contributed by atoms with Crippen LogP contribution in [0.15, 0.2) is 29.1 Å². The standard InChI is InChI=1S/C22H27N3OS/c1-13-5-7-17(8-6-13)19-16(4)27-22-20(19)21(26)23-18(24-22)12-25-10-14(2)9-15(3)11-25/h5-8,14-15H,9-12H2,1-4H3,(H,23,24,26)/p+1/t14-,15-/m0/s1. The zero-order valence-corrected chi connectivity index (χ0v) is 17.4. The van der Waals surface area contributed by atoms with Gasteiger partial charge in [-0.25, -0.2) is 4.98 Å². The van der Waals surface area contributed by atoms with Crippen molar-refractivity contribution in [3.8, 4) is 11.1 Å². The van der Waals surface area contributed by atoms with Gasteiger partial charge < -0.3 is 9.88 Å². The topological polar surface area (TPSA) is 50.2 Å². The number of likely N-dealkylation sites (tertiary alicyclic amines) is 1. The molecule has 3 aromatic rings. The molecule has 4 nitrogen and oxygen atoms in total. The van der Waals surface area contributed by atoms with Crippen molar-refractivity contribution in [1.82, 2.24) is 9.97 Å². The van der Waals surface area contributed by atoms with Crippen LogP contribution in [0.1, 0.15) is 36.5 Å². The fraction of sp³-hybridized carbons (Fsp3) is 0.455. The van der Waals surface area contributed by atoms with Crippen LogP contribution >= 0.6 is 11.3 Å². The van der Waals surface area contributed by atoms with E-state index in [9.17, 15) is 4.79 Å². The maximum Gasteiger partial charge on any atom is 0.260 e. The molecule has 27 heavy (non-hydrogen) atoms. The van der Waals surface area contributed by atoms with Gasteiger partial charge in [-0.2, -0.15) is 0 Å².